The SMILES string of the molecule is FC(F)(F)c1ccc(-c2ccc[nH]2)c(C(F)(F)F)c1. The third kappa shape index (κ3) is 2.74. The van der Waals surface area contributed by atoms with Crippen LogP contribution in [0.15, 0.2) is 36.5 Å². The van der Waals surface area contributed by atoms with E-state index in [0.29, 0.717) is 6.07 Å². The van der Waals surface area contributed by atoms with Crippen molar-refractivity contribution in [3.63, 3.8) is 0 Å². The Bertz CT molecular complexity index is 565. The molecule has 1 aromatic heterocycles. The molecule has 0 radical (unpaired) electrons. The molecule has 1 heterocycles. The second-order valence-corrected chi connectivity index (χ2v) is 3.84. The Hall–Kier alpha value is -1.92. The minimum absolute atomic E-state index is 0.112. The largest absolute Gasteiger partial charge is 0.417 e. The predicted molar refractivity (Wildman–Crippen MR) is 56.2 cm³/mol. The number of alkyl halides is 6. The van der Waals surface area contributed by atoms with Crippen molar-refractivity contribution in [2.75, 3.05) is 0 Å². The summed E-state index contributed by atoms with van der Waals surface area (Å²) in [6.45, 7) is 0. The van der Waals surface area contributed by atoms with Gasteiger partial charge in [0.25, 0.3) is 0 Å². The molecule has 19 heavy (non-hydrogen) atoms. The maximum Gasteiger partial charge on any atom is 0.417 e. The van der Waals surface area contributed by atoms with E-state index in [0.717, 1.165) is 6.07 Å². The number of aromatic amines is 1. The summed E-state index contributed by atoms with van der Waals surface area (Å²) in [6.07, 6.45) is -8.27. The first-order valence-electron chi connectivity index (χ1n) is 5.12. The van der Waals surface area contributed by atoms with Gasteiger partial charge in [0.1, 0.15) is 0 Å². The fourth-order valence-corrected chi connectivity index (χ4v) is 1.69. The fourth-order valence-electron chi connectivity index (χ4n) is 1.69. The summed E-state index contributed by atoms with van der Waals surface area (Å²) in [5, 5.41) is 0. The zero-order valence-electron chi connectivity index (χ0n) is 9.23. The van der Waals surface area contributed by atoms with E-state index in [-0.39, 0.29) is 17.3 Å². The predicted octanol–water partition coefficient (Wildman–Crippen LogP) is 4.72. The Balaban J connectivity index is 2.63. The molecule has 0 saturated heterocycles. The van der Waals surface area contributed by atoms with E-state index in [1.54, 1.807) is 0 Å². The van der Waals surface area contributed by atoms with Gasteiger partial charge in [0.15, 0.2) is 0 Å². The third-order valence-corrected chi connectivity index (χ3v) is 2.54. The lowest BCUT2D eigenvalue weighted by molar-refractivity contribution is -0.142. The summed E-state index contributed by atoms with van der Waals surface area (Å²) in [4.78, 5) is 2.54. The number of benzene rings is 1. The normalized spacial score (nSPS) is 12.7. The molecule has 1 N–H and O–H groups in total. The number of rotatable bonds is 1. The van der Waals surface area contributed by atoms with Gasteiger partial charge >= 0.3 is 12.4 Å². The minimum Gasteiger partial charge on any atom is -0.361 e. The molecule has 0 fully saturated rings. The van der Waals surface area contributed by atoms with E-state index in [1.165, 1.54) is 18.3 Å². The maximum absolute atomic E-state index is 12.8. The molecule has 0 spiro atoms. The van der Waals surface area contributed by atoms with Gasteiger partial charge in [-0.3, -0.25) is 0 Å². The van der Waals surface area contributed by atoms with Gasteiger partial charge in [-0.1, -0.05) is 6.07 Å². The molecule has 0 atom stereocenters. The van der Waals surface area contributed by atoms with Crippen LogP contribution >= 0.6 is 0 Å². The highest BCUT2D eigenvalue weighted by atomic mass is 19.4. The second kappa shape index (κ2) is 4.32. The Morgan fingerprint density at radius 1 is 0.842 bits per heavy atom. The first kappa shape index (κ1) is 13.5. The summed E-state index contributed by atoms with van der Waals surface area (Å²) in [5.74, 6) is 0. The zero-order valence-corrected chi connectivity index (χ0v) is 9.23. The van der Waals surface area contributed by atoms with Crippen molar-refractivity contribution in [3.05, 3.63) is 47.7 Å². The van der Waals surface area contributed by atoms with Crippen molar-refractivity contribution in [1.82, 2.24) is 4.98 Å². The molecule has 0 aliphatic rings. The average Bonchev–Trinajstić information content (AvgIpc) is 2.79. The molecule has 0 unspecified atom stereocenters. The van der Waals surface area contributed by atoms with E-state index in [9.17, 15) is 26.3 Å². The second-order valence-electron chi connectivity index (χ2n) is 3.84. The highest BCUT2D eigenvalue weighted by Gasteiger charge is 2.38. The average molecular weight is 279 g/mol. The lowest BCUT2D eigenvalue weighted by atomic mass is 10.0. The number of nitrogens with one attached hydrogen (secondary N) is 1. The quantitative estimate of drug-likeness (QED) is 0.727. The lowest BCUT2D eigenvalue weighted by Gasteiger charge is -2.15. The van der Waals surface area contributed by atoms with Crippen LogP contribution in [0.5, 0.6) is 0 Å². The molecular formula is C12H7F6N. The first-order chi connectivity index (χ1) is 8.69. The first-order valence-corrected chi connectivity index (χ1v) is 5.12. The molecule has 0 saturated carbocycles. The Morgan fingerprint density at radius 2 is 1.53 bits per heavy atom. The standard InChI is InChI=1S/C12H7F6N/c13-11(14,15)7-3-4-8(10-2-1-5-19-10)9(6-7)12(16,17)18/h1-6,19H. The van der Waals surface area contributed by atoms with E-state index in [1.807, 2.05) is 0 Å². The summed E-state index contributed by atoms with van der Waals surface area (Å²) < 4.78 is 75.8. The zero-order chi connectivity index (χ0) is 14.3. The molecular weight excluding hydrogens is 272 g/mol. The maximum atomic E-state index is 12.8. The van der Waals surface area contributed by atoms with Crippen LogP contribution in [0.2, 0.25) is 0 Å². The molecule has 0 aliphatic heterocycles. The minimum atomic E-state index is -4.86. The van der Waals surface area contributed by atoms with Crippen LogP contribution in [0.4, 0.5) is 26.3 Å². The van der Waals surface area contributed by atoms with Gasteiger partial charge in [-0.15, -0.1) is 0 Å². The van der Waals surface area contributed by atoms with Crippen LogP contribution in [-0.4, -0.2) is 4.98 Å². The number of hydrogen-bond acceptors (Lipinski definition) is 0. The summed E-state index contributed by atoms with van der Waals surface area (Å²) in [7, 11) is 0. The lowest BCUT2D eigenvalue weighted by Crippen LogP contribution is -2.12. The van der Waals surface area contributed by atoms with Gasteiger partial charge in [-0.2, -0.15) is 26.3 Å². The van der Waals surface area contributed by atoms with Crippen LogP contribution in [0.3, 0.4) is 0 Å². The van der Waals surface area contributed by atoms with Crippen LogP contribution in [0.25, 0.3) is 11.3 Å². The van der Waals surface area contributed by atoms with Crippen molar-refractivity contribution in [3.8, 4) is 11.3 Å². The molecule has 1 aromatic carbocycles. The van der Waals surface area contributed by atoms with Crippen LogP contribution in [0, 0.1) is 0 Å². The molecule has 0 aliphatic carbocycles. The highest BCUT2D eigenvalue weighted by molar-refractivity contribution is 5.65. The van der Waals surface area contributed by atoms with Gasteiger partial charge in [-0.25, -0.2) is 0 Å². The van der Waals surface area contributed by atoms with E-state index in [4.69, 9.17) is 0 Å². The molecule has 0 amide bonds. The molecule has 1 nitrogen and oxygen atoms in total. The molecule has 2 rings (SSSR count). The Kier molecular flexibility index (Phi) is 3.07. The highest BCUT2D eigenvalue weighted by Crippen LogP contribution is 2.40. The topological polar surface area (TPSA) is 15.8 Å². The Morgan fingerprint density at radius 3 is 2.00 bits per heavy atom. The van der Waals surface area contributed by atoms with Crippen LogP contribution in [0.1, 0.15) is 11.1 Å². The van der Waals surface area contributed by atoms with Gasteiger partial charge < -0.3 is 4.98 Å². The van der Waals surface area contributed by atoms with E-state index in [2.05, 4.69) is 4.98 Å². The van der Waals surface area contributed by atoms with Gasteiger partial charge in [0.2, 0.25) is 0 Å². The van der Waals surface area contributed by atoms with Crippen molar-refractivity contribution >= 4 is 0 Å². The third-order valence-electron chi connectivity index (χ3n) is 2.54. The summed E-state index contributed by atoms with van der Waals surface area (Å²) >= 11 is 0. The van der Waals surface area contributed by atoms with Gasteiger partial charge in [-0.05, 0) is 24.3 Å². The number of H-pyrrole nitrogens is 1. The van der Waals surface area contributed by atoms with Crippen LogP contribution < -0.4 is 0 Å². The van der Waals surface area contributed by atoms with Crippen molar-refractivity contribution in [2.45, 2.75) is 12.4 Å². The van der Waals surface area contributed by atoms with E-state index < -0.39 is 23.5 Å². The van der Waals surface area contributed by atoms with Crippen LogP contribution in [-0.2, 0) is 12.4 Å². The molecule has 7 heteroatoms. The number of aromatic nitrogens is 1. The molecule has 2 aromatic rings. The van der Waals surface area contributed by atoms with Crippen molar-refractivity contribution in [2.24, 2.45) is 0 Å². The van der Waals surface area contributed by atoms with Gasteiger partial charge in [0, 0.05) is 17.5 Å². The van der Waals surface area contributed by atoms with Crippen molar-refractivity contribution < 1.29 is 26.3 Å². The molecule has 102 valence electrons. The monoisotopic (exact) mass is 279 g/mol. The van der Waals surface area contributed by atoms with E-state index >= 15 is 0 Å². The number of halogens is 6. The van der Waals surface area contributed by atoms with Gasteiger partial charge in [0.05, 0.1) is 11.1 Å². The smallest absolute Gasteiger partial charge is 0.361 e. The summed E-state index contributed by atoms with van der Waals surface area (Å²) in [6, 6.07) is 4.39. The molecule has 0 bridgehead atoms. The fraction of sp³-hybridized carbons (Fsp3) is 0.167. The summed E-state index contributed by atoms with van der Waals surface area (Å²) in [5.41, 5.74) is -2.84. The Labute approximate surface area is 103 Å². The number of hydrogen-bond donors (Lipinski definition) is 1. The van der Waals surface area contributed by atoms with Crippen molar-refractivity contribution in [1.29, 1.82) is 0 Å².